The molecule has 31 heavy (non-hydrogen) atoms. The van der Waals surface area contributed by atoms with Crippen molar-refractivity contribution in [3.63, 3.8) is 0 Å². The number of hydrogen-bond donors (Lipinski definition) is 2. The van der Waals surface area contributed by atoms with E-state index in [0.717, 1.165) is 5.56 Å². The number of pyridine rings is 1. The first-order chi connectivity index (χ1) is 14.7. The first kappa shape index (κ1) is 22.7. The van der Waals surface area contributed by atoms with Crippen LogP contribution in [0.25, 0.3) is 21.9 Å². The molecule has 0 aliphatic carbocycles. The lowest BCUT2D eigenvalue weighted by Gasteiger charge is -2.15. The number of aryl methyl sites for hydroxylation is 1. The highest BCUT2D eigenvalue weighted by Gasteiger charge is 2.16. The minimum atomic E-state index is -3.46. The van der Waals surface area contributed by atoms with Gasteiger partial charge in [0.15, 0.2) is 0 Å². The number of benzene rings is 2. The lowest BCUT2D eigenvalue weighted by atomic mass is 9.94. The van der Waals surface area contributed by atoms with Crippen LogP contribution in [-0.2, 0) is 17.1 Å². The standard InChI is InChI=1S/C22H23ClN4O3S/c1-4-31(29,30)26-16-6-8-21(23)19(10-16)20-13-27(3)22(28)17-7-5-14(9-18(17)20)15(11-24)12-25-2/h5-13,15,24,26H,4H2,1-3H3. The van der Waals surface area contributed by atoms with Crippen LogP contribution in [0, 0.1) is 5.41 Å². The van der Waals surface area contributed by atoms with E-state index >= 15 is 0 Å². The summed E-state index contributed by atoms with van der Waals surface area (Å²) >= 11 is 6.49. The number of hydrogen-bond acceptors (Lipinski definition) is 5. The molecule has 3 aromatic rings. The second-order valence-electron chi connectivity index (χ2n) is 7.06. The van der Waals surface area contributed by atoms with Crippen molar-refractivity contribution in [1.29, 1.82) is 5.41 Å². The number of aliphatic imine (C=N–C) groups is 1. The van der Waals surface area contributed by atoms with E-state index in [1.807, 2.05) is 6.07 Å². The molecule has 0 aliphatic heterocycles. The summed E-state index contributed by atoms with van der Waals surface area (Å²) in [7, 11) is -0.163. The molecule has 0 amide bonds. The van der Waals surface area contributed by atoms with E-state index in [9.17, 15) is 13.2 Å². The van der Waals surface area contributed by atoms with E-state index in [2.05, 4.69) is 9.71 Å². The van der Waals surface area contributed by atoms with Gasteiger partial charge in [-0.25, -0.2) is 8.42 Å². The number of fused-ring (bicyclic) bond motifs is 1. The maximum absolute atomic E-state index is 12.7. The maximum atomic E-state index is 12.7. The zero-order valence-electron chi connectivity index (χ0n) is 17.4. The van der Waals surface area contributed by atoms with Gasteiger partial charge in [0.25, 0.3) is 5.56 Å². The molecule has 1 unspecified atom stereocenters. The van der Waals surface area contributed by atoms with Gasteiger partial charge in [-0.05, 0) is 48.2 Å². The highest BCUT2D eigenvalue weighted by atomic mass is 35.5. The van der Waals surface area contributed by atoms with Crippen LogP contribution in [0.1, 0.15) is 18.4 Å². The van der Waals surface area contributed by atoms with Gasteiger partial charge in [-0.3, -0.25) is 14.5 Å². The Morgan fingerprint density at radius 1 is 1.19 bits per heavy atom. The molecule has 0 spiro atoms. The Morgan fingerprint density at radius 2 is 1.94 bits per heavy atom. The Labute approximate surface area is 186 Å². The Bertz CT molecular complexity index is 1350. The topological polar surface area (TPSA) is 104 Å². The van der Waals surface area contributed by atoms with Crippen LogP contribution >= 0.6 is 11.6 Å². The molecule has 1 heterocycles. The summed E-state index contributed by atoms with van der Waals surface area (Å²) in [5.74, 6) is -0.384. The van der Waals surface area contributed by atoms with Crippen LogP contribution in [0.5, 0.6) is 0 Å². The van der Waals surface area contributed by atoms with Crippen LogP contribution in [0.15, 0.2) is 52.4 Å². The largest absolute Gasteiger partial charge is 0.317 e. The van der Waals surface area contributed by atoms with Crippen molar-refractivity contribution in [2.75, 3.05) is 17.5 Å². The number of sulfonamides is 1. The Hall–Kier alpha value is -2.97. The Morgan fingerprint density at radius 3 is 2.58 bits per heavy atom. The van der Waals surface area contributed by atoms with Gasteiger partial charge in [-0.1, -0.05) is 17.7 Å². The van der Waals surface area contributed by atoms with Gasteiger partial charge in [-0.2, -0.15) is 0 Å². The van der Waals surface area contributed by atoms with E-state index in [4.69, 9.17) is 17.0 Å². The molecular formula is C22H23ClN4O3S. The Kier molecular flexibility index (Phi) is 6.62. The van der Waals surface area contributed by atoms with Crippen LogP contribution in [0.2, 0.25) is 5.02 Å². The number of rotatable bonds is 7. The normalized spacial score (nSPS) is 12.9. The van der Waals surface area contributed by atoms with Crippen LogP contribution in [0.3, 0.4) is 0 Å². The van der Waals surface area contributed by atoms with E-state index in [0.29, 0.717) is 32.6 Å². The third-order valence-corrected chi connectivity index (χ3v) is 6.63. The van der Waals surface area contributed by atoms with Crippen molar-refractivity contribution in [2.45, 2.75) is 12.8 Å². The van der Waals surface area contributed by atoms with Gasteiger partial charge in [0.2, 0.25) is 10.0 Å². The summed E-state index contributed by atoms with van der Waals surface area (Å²) in [6, 6.07) is 10.3. The average Bonchev–Trinajstić information content (AvgIpc) is 2.75. The maximum Gasteiger partial charge on any atom is 0.258 e. The zero-order valence-corrected chi connectivity index (χ0v) is 19.0. The van der Waals surface area contributed by atoms with E-state index < -0.39 is 10.0 Å². The molecule has 2 N–H and O–H groups in total. The van der Waals surface area contributed by atoms with Gasteiger partial charge in [0, 0.05) is 59.9 Å². The van der Waals surface area contributed by atoms with E-state index in [-0.39, 0.29) is 17.2 Å². The molecule has 1 atom stereocenters. The highest BCUT2D eigenvalue weighted by molar-refractivity contribution is 7.92. The van der Waals surface area contributed by atoms with Crippen molar-refractivity contribution in [3.8, 4) is 11.1 Å². The number of halogens is 1. The quantitative estimate of drug-likeness (QED) is 0.521. The fourth-order valence-corrected chi connectivity index (χ4v) is 4.19. The lowest BCUT2D eigenvalue weighted by molar-refractivity contribution is 0.602. The molecular weight excluding hydrogens is 436 g/mol. The molecule has 162 valence electrons. The number of aromatic nitrogens is 1. The van der Waals surface area contributed by atoms with Crippen LogP contribution < -0.4 is 10.3 Å². The third kappa shape index (κ3) is 4.70. The van der Waals surface area contributed by atoms with E-state index in [1.165, 1.54) is 10.8 Å². The monoisotopic (exact) mass is 458 g/mol. The van der Waals surface area contributed by atoms with Crippen LogP contribution in [0.4, 0.5) is 5.69 Å². The van der Waals surface area contributed by atoms with Crippen molar-refractivity contribution < 1.29 is 8.42 Å². The SMILES string of the molecule is CCS(=O)(=O)Nc1ccc(Cl)c(-c2cn(C)c(=O)c3ccc(C(C=N)C=NC)cc23)c1. The summed E-state index contributed by atoms with van der Waals surface area (Å²) in [4.78, 5) is 16.7. The van der Waals surface area contributed by atoms with Crippen molar-refractivity contribution in [3.05, 3.63) is 63.5 Å². The zero-order chi connectivity index (χ0) is 22.8. The van der Waals surface area contributed by atoms with Crippen molar-refractivity contribution >= 4 is 50.5 Å². The van der Waals surface area contributed by atoms with E-state index in [1.54, 1.807) is 63.8 Å². The number of anilines is 1. The molecule has 3 rings (SSSR count). The molecule has 0 saturated heterocycles. The summed E-state index contributed by atoms with van der Waals surface area (Å²) in [5, 5.41) is 9.28. The number of nitrogens with one attached hydrogen (secondary N) is 2. The smallest absolute Gasteiger partial charge is 0.258 e. The lowest BCUT2D eigenvalue weighted by Crippen LogP contribution is -2.17. The second kappa shape index (κ2) is 9.03. The first-order valence-electron chi connectivity index (χ1n) is 9.57. The first-order valence-corrected chi connectivity index (χ1v) is 11.6. The minimum absolute atomic E-state index is 0.0545. The molecule has 2 aromatic carbocycles. The summed E-state index contributed by atoms with van der Waals surface area (Å²) in [6.45, 7) is 1.56. The molecule has 1 aromatic heterocycles. The molecule has 0 saturated carbocycles. The predicted molar refractivity (Wildman–Crippen MR) is 129 cm³/mol. The van der Waals surface area contributed by atoms with Crippen molar-refractivity contribution in [1.82, 2.24) is 4.57 Å². The van der Waals surface area contributed by atoms with Gasteiger partial charge in [-0.15, -0.1) is 0 Å². The van der Waals surface area contributed by atoms with Gasteiger partial charge >= 0.3 is 0 Å². The third-order valence-electron chi connectivity index (χ3n) is 4.99. The molecule has 0 fully saturated rings. The van der Waals surface area contributed by atoms with Gasteiger partial charge in [0.1, 0.15) is 0 Å². The molecule has 0 aliphatic rings. The fourth-order valence-electron chi connectivity index (χ4n) is 3.34. The molecule has 0 bridgehead atoms. The summed E-state index contributed by atoms with van der Waals surface area (Å²) in [6.07, 6.45) is 4.62. The number of nitrogens with zero attached hydrogens (tertiary/aromatic N) is 2. The fraction of sp³-hybridized carbons (Fsp3) is 0.227. The Balaban J connectivity index is 2.30. The minimum Gasteiger partial charge on any atom is -0.317 e. The predicted octanol–water partition coefficient (Wildman–Crippen LogP) is 4.05. The van der Waals surface area contributed by atoms with Crippen LogP contribution in [-0.4, -0.2) is 38.2 Å². The van der Waals surface area contributed by atoms with Gasteiger partial charge < -0.3 is 9.98 Å². The molecule has 0 radical (unpaired) electrons. The molecule has 7 nitrogen and oxygen atoms in total. The highest BCUT2D eigenvalue weighted by Crippen LogP contribution is 2.35. The van der Waals surface area contributed by atoms with Gasteiger partial charge in [0.05, 0.1) is 11.7 Å². The molecule has 9 heteroatoms. The second-order valence-corrected chi connectivity index (χ2v) is 9.48. The summed E-state index contributed by atoms with van der Waals surface area (Å²) in [5.41, 5.74) is 2.29. The summed E-state index contributed by atoms with van der Waals surface area (Å²) < 4.78 is 28.0. The van der Waals surface area contributed by atoms with Crippen molar-refractivity contribution in [2.24, 2.45) is 12.0 Å². The average molecular weight is 459 g/mol.